The molecule has 0 amide bonds. The summed E-state index contributed by atoms with van der Waals surface area (Å²) in [4.78, 5) is 6.82. The Kier molecular flexibility index (Phi) is 4.69. The topological polar surface area (TPSA) is 24.7 Å². The van der Waals surface area contributed by atoms with Crippen LogP contribution in [0.1, 0.15) is 22.9 Å². The van der Waals surface area contributed by atoms with E-state index >= 15 is 0 Å². The van der Waals surface area contributed by atoms with Gasteiger partial charge in [-0.3, -0.25) is 9.80 Å². The third kappa shape index (κ3) is 3.35. The van der Waals surface area contributed by atoms with Crippen molar-refractivity contribution < 1.29 is 9.80 Å². The predicted molar refractivity (Wildman–Crippen MR) is 113 cm³/mol. The highest BCUT2D eigenvalue weighted by Crippen LogP contribution is 2.21. The first kappa shape index (κ1) is 17.2. The van der Waals surface area contributed by atoms with Crippen LogP contribution in [0.25, 0.3) is 10.9 Å². The van der Waals surface area contributed by atoms with E-state index in [0.29, 0.717) is 6.17 Å². The number of rotatable bonds is 5. The summed E-state index contributed by atoms with van der Waals surface area (Å²) in [5, 5.41) is 1.37. The van der Waals surface area contributed by atoms with Gasteiger partial charge in [0.2, 0.25) is 6.17 Å². The summed E-state index contributed by atoms with van der Waals surface area (Å²) in [7, 11) is 0. The number of fused-ring (bicyclic) bond motifs is 1. The highest BCUT2D eigenvalue weighted by Gasteiger charge is 2.42. The highest BCUT2D eigenvalue weighted by molar-refractivity contribution is 5.83. The fraction of sp³-hybridized carbons (Fsp3) is 0.200. The molecule has 4 aromatic rings. The van der Waals surface area contributed by atoms with Crippen molar-refractivity contribution in [1.82, 2.24) is 4.98 Å². The van der Waals surface area contributed by atoms with E-state index in [1.165, 1.54) is 40.7 Å². The molecule has 3 N–H and O–H groups in total. The molecule has 2 unspecified atom stereocenters. The average Bonchev–Trinajstić information content (AvgIpc) is 3.33. The Hall–Kier alpha value is -2.88. The number of hydrogen-bond donors (Lipinski definition) is 3. The number of H-pyrrole nitrogens is 1. The van der Waals surface area contributed by atoms with Gasteiger partial charge in [-0.15, -0.1) is 0 Å². The van der Waals surface area contributed by atoms with E-state index in [-0.39, 0.29) is 0 Å². The Labute approximate surface area is 166 Å². The summed E-state index contributed by atoms with van der Waals surface area (Å²) >= 11 is 0. The summed E-state index contributed by atoms with van der Waals surface area (Å²) < 4.78 is 0. The quantitative estimate of drug-likeness (QED) is 0.481. The molecule has 0 saturated carbocycles. The molecule has 0 radical (unpaired) electrons. The van der Waals surface area contributed by atoms with Gasteiger partial charge in [0.15, 0.2) is 0 Å². The molecular formula is C25H27N3+2. The first-order valence-corrected chi connectivity index (χ1v) is 10.2. The van der Waals surface area contributed by atoms with Crippen LogP contribution in [0.5, 0.6) is 0 Å². The van der Waals surface area contributed by atoms with Crippen LogP contribution >= 0.6 is 0 Å². The van der Waals surface area contributed by atoms with Gasteiger partial charge in [-0.05, 0) is 6.07 Å². The van der Waals surface area contributed by atoms with Crippen molar-refractivity contribution in [2.24, 2.45) is 0 Å². The van der Waals surface area contributed by atoms with Crippen molar-refractivity contribution in [1.29, 1.82) is 0 Å². The van der Waals surface area contributed by atoms with Gasteiger partial charge in [-0.1, -0.05) is 78.9 Å². The van der Waals surface area contributed by atoms with Crippen molar-refractivity contribution in [2.75, 3.05) is 13.1 Å². The van der Waals surface area contributed by atoms with Crippen molar-refractivity contribution in [3.05, 3.63) is 108 Å². The summed E-state index contributed by atoms with van der Waals surface area (Å²) in [6.45, 7) is 4.54. The lowest BCUT2D eigenvalue weighted by molar-refractivity contribution is -1.09. The molecule has 3 aromatic carbocycles. The Morgan fingerprint density at radius 1 is 0.679 bits per heavy atom. The molecule has 1 aliphatic heterocycles. The number of aromatic amines is 1. The molecule has 1 aromatic heterocycles. The Balaban J connectivity index is 1.50. The second kappa shape index (κ2) is 7.63. The predicted octanol–water partition coefficient (Wildman–Crippen LogP) is 2.35. The molecule has 1 aliphatic rings. The number of para-hydroxylation sites is 1. The van der Waals surface area contributed by atoms with Crippen molar-refractivity contribution in [2.45, 2.75) is 19.3 Å². The van der Waals surface area contributed by atoms with E-state index in [4.69, 9.17) is 0 Å². The fourth-order valence-corrected chi connectivity index (χ4v) is 4.77. The third-order valence-corrected chi connectivity index (χ3v) is 6.06. The minimum Gasteiger partial charge on any atom is -0.360 e. The molecule has 1 fully saturated rings. The maximum Gasteiger partial charge on any atom is 0.243 e. The zero-order valence-electron chi connectivity index (χ0n) is 16.1. The lowest BCUT2D eigenvalue weighted by Crippen LogP contribution is -3.22. The number of benzene rings is 3. The van der Waals surface area contributed by atoms with Gasteiger partial charge in [0, 0.05) is 28.2 Å². The summed E-state index contributed by atoms with van der Waals surface area (Å²) in [5.41, 5.74) is 5.53. The number of nitrogens with one attached hydrogen (secondary N) is 3. The van der Waals surface area contributed by atoms with Crippen molar-refractivity contribution in [3.63, 3.8) is 0 Å². The first-order chi connectivity index (χ1) is 13.9. The van der Waals surface area contributed by atoms with Crippen molar-refractivity contribution >= 4 is 10.9 Å². The Morgan fingerprint density at radius 2 is 1.21 bits per heavy atom. The van der Waals surface area contributed by atoms with Gasteiger partial charge in [0.25, 0.3) is 0 Å². The molecule has 5 rings (SSSR count). The maximum absolute atomic E-state index is 3.51. The van der Waals surface area contributed by atoms with Gasteiger partial charge >= 0.3 is 0 Å². The lowest BCUT2D eigenvalue weighted by Gasteiger charge is -2.24. The molecule has 0 bridgehead atoms. The summed E-state index contributed by atoms with van der Waals surface area (Å²) in [6.07, 6.45) is 2.69. The van der Waals surface area contributed by atoms with Crippen LogP contribution in [0.2, 0.25) is 0 Å². The van der Waals surface area contributed by atoms with Gasteiger partial charge in [0.1, 0.15) is 26.2 Å². The normalized spacial score (nSPS) is 21.9. The van der Waals surface area contributed by atoms with Gasteiger partial charge in [-0.25, -0.2) is 0 Å². The van der Waals surface area contributed by atoms with Crippen LogP contribution < -0.4 is 9.80 Å². The van der Waals surface area contributed by atoms with Gasteiger partial charge in [0.05, 0.1) is 5.56 Å². The Morgan fingerprint density at radius 3 is 1.82 bits per heavy atom. The minimum atomic E-state index is 0.441. The summed E-state index contributed by atoms with van der Waals surface area (Å²) in [5.74, 6) is 0. The minimum absolute atomic E-state index is 0.441. The average molecular weight is 370 g/mol. The second-order valence-corrected chi connectivity index (χ2v) is 7.86. The van der Waals surface area contributed by atoms with E-state index in [9.17, 15) is 0 Å². The van der Waals surface area contributed by atoms with E-state index in [2.05, 4.69) is 96.1 Å². The first-order valence-electron chi connectivity index (χ1n) is 10.2. The smallest absolute Gasteiger partial charge is 0.243 e. The van der Waals surface area contributed by atoms with Crippen LogP contribution in [0.4, 0.5) is 0 Å². The Bertz CT molecular complexity index is 990. The lowest BCUT2D eigenvalue weighted by atomic mass is 10.1. The molecule has 2 atom stereocenters. The molecule has 0 aliphatic carbocycles. The third-order valence-electron chi connectivity index (χ3n) is 6.06. The van der Waals surface area contributed by atoms with Crippen LogP contribution in [0, 0.1) is 0 Å². The molecule has 2 heterocycles. The van der Waals surface area contributed by atoms with Crippen LogP contribution in [-0.2, 0) is 13.1 Å². The van der Waals surface area contributed by atoms with Crippen molar-refractivity contribution in [3.8, 4) is 0 Å². The van der Waals surface area contributed by atoms with Crippen LogP contribution in [0.15, 0.2) is 91.1 Å². The maximum atomic E-state index is 3.51. The van der Waals surface area contributed by atoms with Crippen LogP contribution in [-0.4, -0.2) is 18.1 Å². The molecule has 3 nitrogen and oxygen atoms in total. The van der Waals surface area contributed by atoms with Gasteiger partial charge < -0.3 is 4.98 Å². The standard InChI is InChI=1S/C25H25N3/c1-3-9-20(10-4-1)18-27-15-16-28(19-21-11-5-2-6-12-21)25(27)23-17-26-24-14-8-7-13-22(23)24/h1-14,17,25-26H,15-16,18-19H2/p+2. The molecule has 1 saturated heterocycles. The van der Waals surface area contributed by atoms with Gasteiger partial charge in [-0.2, -0.15) is 0 Å². The zero-order valence-corrected chi connectivity index (χ0v) is 16.1. The van der Waals surface area contributed by atoms with Crippen LogP contribution in [0.3, 0.4) is 0 Å². The number of aromatic nitrogens is 1. The molecule has 28 heavy (non-hydrogen) atoms. The summed E-state index contributed by atoms with van der Waals surface area (Å²) in [6, 6.07) is 30.6. The molecule has 140 valence electrons. The fourth-order valence-electron chi connectivity index (χ4n) is 4.77. The molecular weight excluding hydrogens is 342 g/mol. The molecule has 0 spiro atoms. The van der Waals surface area contributed by atoms with E-state index in [1.807, 2.05) is 0 Å². The SMILES string of the molecule is c1ccc(C[NH+]2CC[NH+](Cc3ccccc3)C2c2c[nH]c3ccccc23)cc1. The number of hydrogen-bond acceptors (Lipinski definition) is 0. The van der Waals surface area contributed by atoms with E-state index in [1.54, 1.807) is 9.80 Å². The monoisotopic (exact) mass is 369 g/mol. The van der Waals surface area contributed by atoms with E-state index < -0.39 is 0 Å². The molecule has 3 heteroatoms. The number of quaternary nitrogens is 2. The highest BCUT2D eigenvalue weighted by atomic mass is 15.4. The second-order valence-electron chi connectivity index (χ2n) is 7.86. The zero-order chi connectivity index (χ0) is 18.8. The largest absolute Gasteiger partial charge is 0.360 e. The van der Waals surface area contributed by atoms with E-state index in [0.717, 1.165) is 13.1 Å².